The van der Waals surface area contributed by atoms with Gasteiger partial charge < -0.3 is 14.7 Å². The van der Waals surface area contributed by atoms with Crippen molar-refractivity contribution in [3.05, 3.63) is 29.3 Å². The zero-order valence-corrected chi connectivity index (χ0v) is 13.8. The standard InChI is InChI=1S/C18H29NO2/c1-13-5-6-18(16(4)8-13)21-12-17(20)11-19-9-14(2)7-15(3)10-19/h5-6,8,14-15,17,20H,7,9-12H2,1-4H3/t14-,15-,17+/m0/s1. The maximum Gasteiger partial charge on any atom is 0.122 e. The predicted molar refractivity (Wildman–Crippen MR) is 86.8 cm³/mol. The molecule has 1 heterocycles. The molecule has 1 aliphatic rings. The Morgan fingerprint density at radius 1 is 1.24 bits per heavy atom. The molecule has 1 aromatic carbocycles. The Balaban J connectivity index is 1.80. The topological polar surface area (TPSA) is 32.7 Å². The molecule has 0 spiro atoms. The smallest absolute Gasteiger partial charge is 0.122 e. The number of aliphatic hydroxyl groups excluding tert-OH is 1. The molecule has 1 aromatic rings. The first-order valence-corrected chi connectivity index (χ1v) is 8.04. The summed E-state index contributed by atoms with van der Waals surface area (Å²) in [6, 6.07) is 6.14. The molecule has 0 radical (unpaired) electrons. The van der Waals surface area contributed by atoms with Crippen LogP contribution < -0.4 is 4.74 Å². The molecule has 0 aromatic heterocycles. The van der Waals surface area contributed by atoms with E-state index in [1.54, 1.807) is 0 Å². The van der Waals surface area contributed by atoms with Crippen molar-refractivity contribution in [2.24, 2.45) is 11.8 Å². The van der Waals surface area contributed by atoms with Gasteiger partial charge in [0, 0.05) is 19.6 Å². The number of hydrogen-bond donors (Lipinski definition) is 1. The number of β-amino-alcohol motifs (C(OH)–C–C–N with tert-alkyl or cyclic N) is 1. The highest BCUT2D eigenvalue weighted by Gasteiger charge is 2.23. The number of ether oxygens (including phenoxy) is 1. The summed E-state index contributed by atoms with van der Waals surface area (Å²) >= 11 is 0. The van der Waals surface area contributed by atoms with Gasteiger partial charge in [0.1, 0.15) is 18.5 Å². The van der Waals surface area contributed by atoms with E-state index < -0.39 is 6.10 Å². The highest BCUT2D eigenvalue weighted by atomic mass is 16.5. The molecule has 0 amide bonds. The van der Waals surface area contributed by atoms with Crippen molar-refractivity contribution in [2.45, 2.75) is 40.2 Å². The fourth-order valence-corrected chi connectivity index (χ4v) is 3.44. The first-order valence-electron chi connectivity index (χ1n) is 8.04. The zero-order valence-electron chi connectivity index (χ0n) is 13.8. The van der Waals surface area contributed by atoms with Crippen molar-refractivity contribution in [1.82, 2.24) is 4.90 Å². The Hall–Kier alpha value is -1.06. The summed E-state index contributed by atoms with van der Waals surface area (Å²) in [7, 11) is 0. The zero-order chi connectivity index (χ0) is 15.4. The summed E-state index contributed by atoms with van der Waals surface area (Å²) in [5.41, 5.74) is 2.36. The Labute approximate surface area is 128 Å². The van der Waals surface area contributed by atoms with Crippen LogP contribution in [-0.2, 0) is 0 Å². The molecule has 3 atom stereocenters. The normalized spacial score (nSPS) is 24.8. The van der Waals surface area contributed by atoms with Gasteiger partial charge in [-0.25, -0.2) is 0 Å². The Bertz CT molecular complexity index is 451. The van der Waals surface area contributed by atoms with E-state index in [0.29, 0.717) is 13.2 Å². The van der Waals surface area contributed by atoms with Gasteiger partial charge in [-0.05, 0) is 43.7 Å². The lowest BCUT2D eigenvalue weighted by Crippen LogP contribution is -2.44. The van der Waals surface area contributed by atoms with Gasteiger partial charge in [0.25, 0.3) is 0 Å². The van der Waals surface area contributed by atoms with Crippen LogP contribution in [-0.4, -0.2) is 42.4 Å². The van der Waals surface area contributed by atoms with Crippen LogP contribution in [0.2, 0.25) is 0 Å². The molecule has 118 valence electrons. The summed E-state index contributed by atoms with van der Waals surface area (Å²) in [5.74, 6) is 2.32. The van der Waals surface area contributed by atoms with Crippen LogP contribution in [0.4, 0.5) is 0 Å². The molecule has 1 saturated heterocycles. The van der Waals surface area contributed by atoms with Crippen molar-refractivity contribution in [2.75, 3.05) is 26.2 Å². The van der Waals surface area contributed by atoms with Crippen molar-refractivity contribution < 1.29 is 9.84 Å². The second-order valence-electron chi connectivity index (χ2n) is 6.90. The highest BCUT2D eigenvalue weighted by Crippen LogP contribution is 2.22. The molecular weight excluding hydrogens is 262 g/mol. The lowest BCUT2D eigenvalue weighted by molar-refractivity contribution is 0.0427. The van der Waals surface area contributed by atoms with Gasteiger partial charge in [0.05, 0.1) is 0 Å². The number of aryl methyl sites for hydroxylation is 2. The summed E-state index contributed by atoms with van der Waals surface area (Å²) in [6.07, 6.45) is 0.870. The molecule has 3 nitrogen and oxygen atoms in total. The minimum atomic E-state index is -0.428. The van der Waals surface area contributed by atoms with E-state index in [1.807, 2.05) is 19.1 Å². The molecular formula is C18H29NO2. The van der Waals surface area contributed by atoms with Crippen LogP contribution >= 0.6 is 0 Å². The van der Waals surface area contributed by atoms with Gasteiger partial charge >= 0.3 is 0 Å². The van der Waals surface area contributed by atoms with E-state index in [-0.39, 0.29) is 0 Å². The van der Waals surface area contributed by atoms with Crippen LogP contribution in [0.15, 0.2) is 18.2 Å². The number of aliphatic hydroxyl groups is 1. The quantitative estimate of drug-likeness (QED) is 0.905. The second-order valence-corrected chi connectivity index (χ2v) is 6.90. The lowest BCUT2D eigenvalue weighted by Gasteiger charge is -2.35. The van der Waals surface area contributed by atoms with Crippen LogP contribution in [0.25, 0.3) is 0 Å². The summed E-state index contributed by atoms with van der Waals surface area (Å²) in [6.45, 7) is 12.0. The number of benzene rings is 1. The third-order valence-electron chi connectivity index (χ3n) is 4.18. The minimum absolute atomic E-state index is 0.364. The van der Waals surface area contributed by atoms with Gasteiger partial charge in [-0.1, -0.05) is 31.5 Å². The highest BCUT2D eigenvalue weighted by molar-refractivity contribution is 5.35. The van der Waals surface area contributed by atoms with E-state index in [1.165, 1.54) is 12.0 Å². The molecule has 21 heavy (non-hydrogen) atoms. The number of hydrogen-bond acceptors (Lipinski definition) is 3. The average molecular weight is 291 g/mol. The van der Waals surface area contributed by atoms with Gasteiger partial charge in [-0.2, -0.15) is 0 Å². The third kappa shape index (κ3) is 5.01. The Kier molecular flexibility index (Phi) is 5.65. The fourth-order valence-electron chi connectivity index (χ4n) is 3.44. The van der Waals surface area contributed by atoms with E-state index >= 15 is 0 Å². The molecule has 1 fully saturated rings. The molecule has 0 bridgehead atoms. The van der Waals surface area contributed by atoms with Crippen molar-refractivity contribution in [3.63, 3.8) is 0 Å². The van der Waals surface area contributed by atoms with Gasteiger partial charge in [0.15, 0.2) is 0 Å². The SMILES string of the molecule is Cc1ccc(OC[C@H](O)CN2C[C@@H](C)C[C@H](C)C2)c(C)c1. The molecule has 1 N–H and O–H groups in total. The number of likely N-dealkylation sites (tertiary alicyclic amines) is 1. The van der Waals surface area contributed by atoms with Crippen LogP contribution in [0.5, 0.6) is 5.75 Å². The van der Waals surface area contributed by atoms with E-state index in [2.05, 4.69) is 31.7 Å². The predicted octanol–water partition coefficient (Wildman–Crippen LogP) is 3.02. The maximum atomic E-state index is 10.2. The third-order valence-corrected chi connectivity index (χ3v) is 4.18. The van der Waals surface area contributed by atoms with Gasteiger partial charge in [-0.3, -0.25) is 0 Å². The van der Waals surface area contributed by atoms with Crippen LogP contribution in [0.3, 0.4) is 0 Å². The Morgan fingerprint density at radius 3 is 2.52 bits per heavy atom. The first-order chi connectivity index (χ1) is 9.94. The fraction of sp³-hybridized carbons (Fsp3) is 0.667. The maximum absolute atomic E-state index is 10.2. The van der Waals surface area contributed by atoms with E-state index in [0.717, 1.165) is 36.2 Å². The average Bonchev–Trinajstić information content (AvgIpc) is 2.36. The van der Waals surface area contributed by atoms with Gasteiger partial charge in [0.2, 0.25) is 0 Å². The molecule has 0 aliphatic carbocycles. The number of piperidine rings is 1. The van der Waals surface area contributed by atoms with Crippen molar-refractivity contribution in [3.8, 4) is 5.75 Å². The van der Waals surface area contributed by atoms with Crippen LogP contribution in [0, 0.1) is 25.7 Å². The van der Waals surface area contributed by atoms with Crippen molar-refractivity contribution >= 4 is 0 Å². The largest absolute Gasteiger partial charge is 0.491 e. The summed E-state index contributed by atoms with van der Waals surface area (Å²) in [4.78, 5) is 2.37. The molecule has 0 unspecified atom stereocenters. The molecule has 0 saturated carbocycles. The summed E-state index contributed by atoms with van der Waals surface area (Å²) < 4.78 is 5.77. The lowest BCUT2D eigenvalue weighted by atomic mass is 9.92. The molecule has 1 aliphatic heterocycles. The van der Waals surface area contributed by atoms with E-state index in [9.17, 15) is 5.11 Å². The minimum Gasteiger partial charge on any atom is -0.491 e. The van der Waals surface area contributed by atoms with Gasteiger partial charge in [-0.15, -0.1) is 0 Å². The van der Waals surface area contributed by atoms with E-state index in [4.69, 9.17) is 4.74 Å². The number of nitrogens with zero attached hydrogens (tertiary/aromatic N) is 1. The number of rotatable bonds is 5. The monoisotopic (exact) mass is 291 g/mol. The first kappa shape index (κ1) is 16.3. The molecule has 3 heteroatoms. The van der Waals surface area contributed by atoms with Crippen molar-refractivity contribution in [1.29, 1.82) is 0 Å². The summed E-state index contributed by atoms with van der Waals surface area (Å²) in [5, 5.41) is 10.2. The molecule has 2 rings (SSSR count). The van der Waals surface area contributed by atoms with Crippen LogP contribution in [0.1, 0.15) is 31.4 Å². The second kappa shape index (κ2) is 7.28. The Morgan fingerprint density at radius 2 is 1.90 bits per heavy atom.